The van der Waals surface area contributed by atoms with Crippen LogP contribution in [0.1, 0.15) is 316 Å². The Bertz CT molecular complexity index is 1510. The van der Waals surface area contributed by atoms with Gasteiger partial charge in [-0.2, -0.15) is 0 Å². The normalized spacial score (nSPS) is 12.7. The molecule has 0 rings (SSSR count). The van der Waals surface area contributed by atoms with Crippen molar-refractivity contribution in [2.75, 3.05) is 13.2 Å². The Balaban J connectivity index is 4.26. The highest BCUT2D eigenvalue weighted by Gasteiger charge is 2.19. The minimum absolute atomic E-state index is 0.109. The number of carbonyl (C=O) groups excluding carboxylic acids is 3. The third kappa shape index (κ3) is 63.0. The maximum absolute atomic E-state index is 12.8. The van der Waals surface area contributed by atoms with E-state index in [4.69, 9.17) is 14.2 Å². The van der Waals surface area contributed by atoms with Crippen LogP contribution in [0.15, 0.2) is 97.2 Å². The van der Waals surface area contributed by atoms with E-state index in [-0.39, 0.29) is 31.6 Å². The van der Waals surface area contributed by atoms with Crippen molar-refractivity contribution < 1.29 is 28.6 Å². The molecular weight excluding hydrogens is 949 g/mol. The molecule has 0 N–H and O–H groups in total. The Hall–Kier alpha value is -3.67. The van der Waals surface area contributed by atoms with Gasteiger partial charge in [-0.1, -0.05) is 291 Å². The Morgan fingerprint density at radius 2 is 0.545 bits per heavy atom. The van der Waals surface area contributed by atoms with E-state index < -0.39 is 12.1 Å². The number of hydrogen-bond donors (Lipinski definition) is 0. The zero-order chi connectivity index (χ0) is 55.7. The summed E-state index contributed by atoms with van der Waals surface area (Å²) in [5.41, 5.74) is 0. The molecule has 1 atom stereocenters. The predicted octanol–water partition coefficient (Wildman–Crippen LogP) is 22.4. The highest BCUT2D eigenvalue weighted by Crippen LogP contribution is 2.17. The second kappa shape index (κ2) is 64.9. The zero-order valence-corrected chi connectivity index (χ0v) is 50.7. The van der Waals surface area contributed by atoms with Crippen LogP contribution in [-0.2, 0) is 28.6 Å². The topological polar surface area (TPSA) is 78.9 Å². The number of allylic oxidation sites excluding steroid dienone is 16. The molecular formula is C71H122O6. The zero-order valence-electron chi connectivity index (χ0n) is 50.7. The molecule has 0 radical (unpaired) electrons. The van der Waals surface area contributed by atoms with Gasteiger partial charge >= 0.3 is 17.9 Å². The average molecular weight is 1070 g/mol. The molecule has 0 aliphatic rings. The van der Waals surface area contributed by atoms with Crippen LogP contribution in [0.3, 0.4) is 0 Å². The summed E-state index contributed by atoms with van der Waals surface area (Å²) in [4.78, 5) is 38.2. The lowest BCUT2D eigenvalue weighted by atomic mass is 10.0. The van der Waals surface area contributed by atoms with Gasteiger partial charge in [0.05, 0.1) is 0 Å². The number of ether oxygens (including phenoxy) is 3. The molecule has 6 heteroatoms. The van der Waals surface area contributed by atoms with E-state index in [9.17, 15) is 14.4 Å². The molecule has 0 saturated carbocycles. The standard InChI is InChI=1S/C71H122O6/c1-4-7-10-13-16-19-22-24-26-28-30-31-32-33-34-35-36-37-38-39-41-42-44-46-49-52-55-58-61-64-70(73)76-67-68(66-75-69(72)63-60-57-54-51-48-21-18-15-12-9-6-3)77-71(74)65-62-59-56-53-50-47-45-43-40-29-27-25-23-20-17-14-11-8-5-2/h8,11,15,17-18,20,25,27-28,30,40,43,47,50,56,59,68H,4-7,9-10,12-14,16,19,21-24,26,29,31-39,41-42,44-46,48-49,51-55,57-58,60-67H2,1-3H3/b11-8-,18-15-,20-17-,27-25-,30-28-,43-40-,50-47-,59-56-. The summed E-state index contributed by atoms with van der Waals surface area (Å²) in [6, 6.07) is 0. The van der Waals surface area contributed by atoms with Gasteiger partial charge in [0, 0.05) is 19.3 Å². The van der Waals surface area contributed by atoms with Gasteiger partial charge in [-0.05, 0) is 103 Å². The first-order chi connectivity index (χ1) is 38.0. The van der Waals surface area contributed by atoms with Gasteiger partial charge in [-0.15, -0.1) is 0 Å². The average Bonchev–Trinajstić information content (AvgIpc) is 3.43. The lowest BCUT2D eigenvalue weighted by Gasteiger charge is -2.18. The summed E-state index contributed by atoms with van der Waals surface area (Å²) in [7, 11) is 0. The van der Waals surface area contributed by atoms with Crippen LogP contribution in [0.2, 0.25) is 0 Å². The summed E-state index contributed by atoms with van der Waals surface area (Å²) >= 11 is 0. The molecule has 0 bridgehead atoms. The van der Waals surface area contributed by atoms with Crippen molar-refractivity contribution >= 4 is 17.9 Å². The quantitative estimate of drug-likeness (QED) is 0.0261. The van der Waals surface area contributed by atoms with E-state index in [2.05, 4.69) is 112 Å². The van der Waals surface area contributed by atoms with Gasteiger partial charge in [0.2, 0.25) is 0 Å². The van der Waals surface area contributed by atoms with Crippen molar-refractivity contribution in [1.82, 2.24) is 0 Å². The largest absolute Gasteiger partial charge is 0.462 e. The molecule has 0 aromatic rings. The molecule has 1 unspecified atom stereocenters. The molecule has 0 aliphatic carbocycles. The Kier molecular flexibility index (Phi) is 61.8. The van der Waals surface area contributed by atoms with Gasteiger partial charge in [0.25, 0.3) is 0 Å². The Labute approximate surface area is 477 Å². The van der Waals surface area contributed by atoms with Crippen molar-refractivity contribution in [2.24, 2.45) is 0 Å². The molecule has 0 amide bonds. The van der Waals surface area contributed by atoms with Crippen molar-refractivity contribution in [1.29, 1.82) is 0 Å². The molecule has 0 aromatic carbocycles. The molecule has 442 valence electrons. The summed E-state index contributed by atoms with van der Waals surface area (Å²) < 4.78 is 16.8. The van der Waals surface area contributed by atoms with Crippen LogP contribution in [0.5, 0.6) is 0 Å². The highest BCUT2D eigenvalue weighted by atomic mass is 16.6. The smallest absolute Gasteiger partial charge is 0.306 e. The van der Waals surface area contributed by atoms with E-state index in [1.165, 1.54) is 180 Å². The van der Waals surface area contributed by atoms with Crippen LogP contribution in [0.25, 0.3) is 0 Å². The first-order valence-corrected chi connectivity index (χ1v) is 32.7. The van der Waals surface area contributed by atoms with Crippen molar-refractivity contribution in [2.45, 2.75) is 322 Å². The minimum atomic E-state index is -0.821. The van der Waals surface area contributed by atoms with E-state index in [1.807, 2.05) is 6.08 Å². The molecule has 0 fully saturated rings. The van der Waals surface area contributed by atoms with Crippen molar-refractivity contribution in [3.63, 3.8) is 0 Å². The van der Waals surface area contributed by atoms with Gasteiger partial charge < -0.3 is 14.2 Å². The second-order valence-corrected chi connectivity index (χ2v) is 21.6. The van der Waals surface area contributed by atoms with Crippen LogP contribution >= 0.6 is 0 Å². The maximum Gasteiger partial charge on any atom is 0.306 e. The number of unbranched alkanes of at least 4 members (excludes halogenated alkanes) is 32. The van der Waals surface area contributed by atoms with Crippen LogP contribution in [-0.4, -0.2) is 37.2 Å². The van der Waals surface area contributed by atoms with Crippen LogP contribution < -0.4 is 0 Å². The summed E-state index contributed by atoms with van der Waals surface area (Å²) in [5.74, 6) is -0.996. The SMILES string of the molecule is CC/C=C\C/C=C\C/C=C\C/C=C\C/C=C\C/C=C\CCC(=O)OC(COC(=O)CCCCCCC/C=C\CCCC)COC(=O)CCCCCCCCCCCCCCCCCCC/C=C\CCCCCCCCCC. The van der Waals surface area contributed by atoms with Crippen LogP contribution in [0, 0.1) is 0 Å². The second-order valence-electron chi connectivity index (χ2n) is 21.6. The highest BCUT2D eigenvalue weighted by molar-refractivity contribution is 5.71. The van der Waals surface area contributed by atoms with Gasteiger partial charge in [0.15, 0.2) is 6.10 Å². The van der Waals surface area contributed by atoms with Gasteiger partial charge in [-0.3, -0.25) is 14.4 Å². The monoisotopic (exact) mass is 1070 g/mol. The molecule has 6 nitrogen and oxygen atoms in total. The number of esters is 3. The lowest BCUT2D eigenvalue weighted by Crippen LogP contribution is -2.30. The first-order valence-electron chi connectivity index (χ1n) is 32.7. The minimum Gasteiger partial charge on any atom is -0.462 e. The van der Waals surface area contributed by atoms with Crippen LogP contribution in [0.4, 0.5) is 0 Å². The summed E-state index contributed by atoms with van der Waals surface area (Å²) in [5, 5.41) is 0. The summed E-state index contributed by atoms with van der Waals surface area (Å²) in [6.07, 6.45) is 87.4. The van der Waals surface area contributed by atoms with E-state index in [0.717, 1.165) is 89.9 Å². The summed E-state index contributed by atoms with van der Waals surface area (Å²) in [6.45, 7) is 6.44. The molecule has 0 heterocycles. The molecule has 0 aliphatic heterocycles. The number of rotatable bonds is 59. The maximum atomic E-state index is 12.8. The fraction of sp³-hybridized carbons (Fsp3) is 0.732. The Morgan fingerprint density at radius 3 is 0.883 bits per heavy atom. The van der Waals surface area contributed by atoms with E-state index in [0.29, 0.717) is 19.3 Å². The fourth-order valence-electron chi connectivity index (χ4n) is 9.15. The van der Waals surface area contributed by atoms with Crippen molar-refractivity contribution in [3.8, 4) is 0 Å². The van der Waals surface area contributed by atoms with Gasteiger partial charge in [-0.25, -0.2) is 0 Å². The molecule has 77 heavy (non-hydrogen) atoms. The van der Waals surface area contributed by atoms with E-state index >= 15 is 0 Å². The predicted molar refractivity (Wildman–Crippen MR) is 334 cm³/mol. The Morgan fingerprint density at radius 1 is 0.273 bits per heavy atom. The van der Waals surface area contributed by atoms with Crippen molar-refractivity contribution in [3.05, 3.63) is 97.2 Å². The first kappa shape index (κ1) is 73.3. The molecule has 0 aromatic heterocycles. The lowest BCUT2D eigenvalue weighted by molar-refractivity contribution is -0.166. The third-order valence-corrected chi connectivity index (χ3v) is 14.1. The molecule has 0 saturated heterocycles. The van der Waals surface area contributed by atoms with E-state index in [1.54, 1.807) is 0 Å². The fourth-order valence-corrected chi connectivity index (χ4v) is 9.15. The molecule has 0 spiro atoms. The number of carbonyl (C=O) groups is 3. The van der Waals surface area contributed by atoms with Gasteiger partial charge in [0.1, 0.15) is 13.2 Å². The number of hydrogen-bond acceptors (Lipinski definition) is 6. The third-order valence-electron chi connectivity index (χ3n) is 14.1.